The SMILES string of the molecule is CN1CCC2(CC1)C(=O)Nc1ccc(C(=O)N(C)C)cc12. The van der Waals surface area contributed by atoms with Gasteiger partial charge in [0.15, 0.2) is 0 Å². The molecule has 0 aliphatic carbocycles. The molecule has 0 saturated carbocycles. The largest absolute Gasteiger partial charge is 0.345 e. The Hall–Kier alpha value is -1.88. The predicted molar refractivity (Wildman–Crippen MR) is 81.5 cm³/mol. The highest BCUT2D eigenvalue weighted by molar-refractivity contribution is 6.07. The molecule has 0 atom stereocenters. The van der Waals surface area contributed by atoms with Gasteiger partial charge in [-0.3, -0.25) is 9.59 Å². The lowest BCUT2D eigenvalue weighted by Gasteiger charge is -2.36. The molecule has 0 radical (unpaired) electrons. The van der Waals surface area contributed by atoms with Crippen molar-refractivity contribution in [3.63, 3.8) is 0 Å². The van der Waals surface area contributed by atoms with E-state index < -0.39 is 5.41 Å². The Labute approximate surface area is 124 Å². The van der Waals surface area contributed by atoms with Gasteiger partial charge in [0.2, 0.25) is 5.91 Å². The first-order chi connectivity index (χ1) is 9.94. The molecule has 2 aliphatic heterocycles. The van der Waals surface area contributed by atoms with Crippen LogP contribution in [0, 0.1) is 0 Å². The van der Waals surface area contributed by atoms with Crippen molar-refractivity contribution in [2.75, 3.05) is 39.5 Å². The van der Waals surface area contributed by atoms with Crippen molar-refractivity contribution in [2.45, 2.75) is 18.3 Å². The van der Waals surface area contributed by atoms with Crippen LogP contribution in [0.5, 0.6) is 0 Å². The standard InChI is InChI=1S/C16H21N3O2/c1-18(2)14(20)11-4-5-13-12(10-11)16(15(21)17-13)6-8-19(3)9-7-16/h4-5,10H,6-9H2,1-3H3,(H,17,21). The van der Waals surface area contributed by atoms with E-state index in [2.05, 4.69) is 17.3 Å². The molecule has 1 aromatic rings. The number of anilines is 1. The van der Waals surface area contributed by atoms with Crippen LogP contribution in [0.4, 0.5) is 5.69 Å². The Bertz CT molecular complexity index is 602. The summed E-state index contributed by atoms with van der Waals surface area (Å²) in [6.07, 6.45) is 1.61. The first kappa shape index (κ1) is 14.1. The summed E-state index contributed by atoms with van der Waals surface area (Å²) in [4.78, 5) is 28.5. The first-order valence-electron chi connectivity index (χ1n) is 7.30. The first-order valence-corrected chi connectivity index (χ1v) is 7.30. The Morgan fingerprint density at radius 1 is 1.29 bits per heavy atom. The van der Waals surface area contributed by atoms with Gasteiger partial charge < -0.3 is 15.1 Å². The normalized spacial score (nSPS) is 20.2. The molecule has 112 valence electrons. The molecular formula is C16H21N3O2. The number of amides is 2. The van der Waals surface area contributed by atoms with Crippen LogP contribution in [0.15, 0.2) is 18.2 Å². The van der Waals surface area contributed by atoms with E-state index in [9.17, 15) is 9.59 Å². The zero-order valence-electron chi connectivity index (χ0n) is 12.8. The van der Waals surface area contributed by atoms with Crippen LogP contribution in [0.25, 0.3) is 0 Å². The number of piperidine rings is 1. The van der Waals surface area contributed by atoms with Gasteiger partial charge in [-0.25, -0.2) is 0 Å². The van der Waals surface area contributed by atoms with Crippen LogP contribution in [0.3, 0.4) is 0 Å². The second-order valence-electron chi connectivity index (χ2n) is 6.30. The molecule has 0 bridgehead atoms. The molecule has 3 rings (SSSR count). The maximum atomic E-state index is 12.5. The maximum Gasteiger partial charge on any atom is 0.253 e. The van der Waals surface area contributed by atoms with Crippen molar-refractivity contribution in [1.29, 1.82) is 0 Å². The van der Waals surface area contributed by atoms with E-state index in [1.165, 1.54) is 0 Å². The van der Waals surface area contributed by atoms with E-state index >= 15 is 0 Å². The summed E-state index contributed by atoms with van der Waals surface area (Å²) in [5, 5.41) is 2.99. The molecule has 0 aromatic heterocycles. The number of nitrogens with one attached hydrogen (secondary N) is 1. The lowest BCUT2D eigenvalue weighted by molar-refractivity contribution is -0.122. The van der Waals surface area contributed by atoms with Crippen LogP contribution in [-0.4, -0.2) is 55.8 Å². The summed E-state index contributed by atoms with van der Waals surface area (Å²) in [5.74, 6) is 0.0558. The smallest absolute Gasteiger partial charge is 0.253 e. The molecule has 5 heteroatoms. The van der Waals surface area contributed by atoms with Crippen molar-refractivity contribution < 1.29 is 9.59 Å². The van der Waals surface area contributed by atoms with Gasteiger partial charge in [-0.15, -0.1) is 0 Å². The Morgan fingerprint density at radius 3 is 2.57 bits per heavy atom. The number of likely N-dealkylation sites (tertiary alicyclic amines) is 1. The van der Waals surface area contributed by atoms with E-state index in [4.69, 9.17) is 0 Å². The van der Waals surface area contributed by atoms with Gasteiger partial charge in [-0.05, 0) is 56.7 Å². The molecule has 1 spiro atoms. The van der Waals surface area contributed by atoms with E-state index in [0.717, 1.165) is 37.2 Å². The predicted octanol–water partition coefficient (Wildman–Crippen LogP) is 1.30. The molecule has 2 heterocycles. The van der Waals surface area contributed by atoms with Gasteiger partial charge in [0.1, 0.15) is 0 Å². The van der Waals surface area contributed by atoms with Crippen molar-refractivity contribution in [2.24, 2.45) is 0 Å². The van der Waals surface area contributed by atoms with Gasteiger partial charge in [-0.2, -0.15) is 0 Å². The lowest BCUT2D eigenvalue weighted by atomic mass is 9.73. The molecular weight excluding hydrogens is 266 g/mol. The fourth-order valence-corrected chi connectivity index (χ4v) is 3.30. The fraction of sp³-hybridized carbons (Fsp3) is 0.500. The highest BCUT2D eigenvalue weighted by Crippen LogP contribution is 2.45. The van der Waals surface area contributed by atoms with Gasteiger partial charge in [0, 0.05) is 25.3 Å². The minimum absolute atomic E-state index is 0.0276. The quantitative estimate of drug-likeness (QED) is 0.847. The van der Waals surface area contributed by atoms with Gasteiger partial charge >= 0.3 is 0 Å². The summed E-state index contributed by atoms with van der Waals surface area (Å²) >= 11 is 0. The molecule has 0 unspecified atom stereocenters. The van der Waals surface area contributed by atoms with Crippen LogP contribution >= 0.6 is 0 Å². The number of benzene rings is 1. The molecule has 21 heavy (non-hydrogen) atoms. The molecule has 5 nitrogen and oxygen atoms in total. The van der Waals surface area contributed by atoms with Gasteiger partial charge in [0.05, 0.1) is 5.41 Å². The van der Waals surface area contributed by atoms with E-state index in [-0.39, 0.29) is 11.8 Å². The summed E-state index contributed by atoms with van der Waals surface area (Å²) in [6.45, 7) is 1.80. The Balaban J connectivity index is 2.03. The molecule has 1 fully saturated rings. The van der Waals surface area contributed by atoms with Crippen molar-refractivity contribution in [3.05, 3.63) is 29.3 Å². The van der Waals surface area contributed by atoms with Crippen LogP contribution in [0.1, 0.15) is 28.8 Å². The summed E-state index contributed by atoms with van der Waals surface area (Å²) in [6, 6.07) is 5.55. The third kappa shape index (κ3) is 2.12. The molecule has 1 saturated heterocycles. The van der Waals surface area contributed by atoms with Crippen LogP contribution in [0.2, 0.25) is 0 Å². The van der Waals surface area contributed by atoms with Crippen molar-refractivity contribution in [3.8, 4) is 0 Å². The maximum absolute atomic E-state index is 12.5. The highest BCUT2D eigenvalue weighted by atomic mass is 16.2. The zero-order valence-corrected chi connectivity index (χ0v) is 12.8. The third-order valence-corrected chi connectivity index (χ3v) is 4.71. The molecule has 1 aromatic carbocycles. The zero-order chi connectivity index (χ0) is 15.2. The van der Waals surface area contributed by atoms with Crippen LogP contribution < -0.4 is 5.32 Å². The number of fused-ring (bicyclic) bond motifs is 2. The van der Waals surface area contributed by atoms with E-state index in [1.807, 2.05) is 12.1 Å². The van der Waals surface area contributed by atoms with Gasteiger partial charge in [-0.1, -0.05) is 0 Å². The minimum Gasteiger partial charge on any atom is -0.345 e. The second kappa shape index (κ2) is 4.84. The lowest BCUT2D eigenvalue weighted by Crippen LogP contribution is -2.45. The topological polar surface area (TPSA) is 52.7 Å². The molecule has 1 N–H and O–H groups in total. The number of carbonyl (C=O) groups is 2. The number of hydrogen-bond donors (Lipinski definition) is 1. The molecule has 2 aliphatic rings. The average molecular weight is 287 g/mol. The summed E-state index contributed by atoms with van der Waals surface area (Å²) in [5.41, 5.74) is 2.05. The Kier molecular flexibility index (Phi) is 3.24. The number of carbonyl (C=O) groups excluding carboxylic acids is 2. The number of nitrogens with zero attached hydrogens (tertiary/aromatic N) is 2. The molecule has 2 amide bonds. The minimum atomic E-state index is -0.454. The second-order valence-corrected chi connectivity index (χ2v) is 6.30. The Morgan fingerprint density at radius 2 is 1.95 bits per heavy atom. The monoisotopic (exact) mass is 287 g/mol. The van der Waals surface area contributed by atoms with Gasteiger partial charge in [0.25, 0.3) is 5.91 Å². The fourth-order valence-electron chi connectivity index (χ4n) is 3.30. The third-order valence-electron chi connectivity index (χ3n) is 4.71. The summed E-state index contributed by atoms with van der Waals surface area (Å²) in [7, 11) is 5.56. The highest BCUT2D eigenvalue weighted by Gasteiger charge is 2.48. The van der Waals surface area contributed by atoms with Crippen molar-refractivity contribution >= 4 is 17.5 Å². The van der Waals surface area contributed by atoms with E-state index in [0.29, 0.717) is 5.56 Å². The number of rotatable bonds is 1. The average Bonchev–Trinajstić information content (AvgIpc) is 2.73. The van der Waals surface area contributed by atoms with Crippen LogP contribution in [-0.2, 0) is 10.2 Å². The van der Waals surface area contributed by atoms with Crippen molar-refractivity contribution in [1.82, 2.24) is 9.80 Å². The number of hydrogen-bond acceptors (Lipinski definition) is 3. The van der Waals surface area contributed by atoms with E-state index in [1.54, 1.807) is 25.1 Å². The summed E-state index contributed by atoms with van der Waals surface area (Å²) < 4.78 is 0.